The van der Waals surface area contributed by atoms with Crippen LogP contribution < -0.4 is 9.64 Å². The van der Waals surface area contributed by atoms with Gasteiger partial charge in [-0.2, -0.15) is 0 Å². The highest BCUT2D eigenvalue weighted by molar-refractivity contribution is 9.10. The van der Waals surface area contributed by atoms with E-state index in [-0.39, 0.29) is 13.2 Å². The molecule has 0 spiro atoms. The summed E-state index contributed by atoms with van der Waals surface area (Å²) in [6.45, 7) is 5.73. The molecule has 3 aliphatic heterocycles. The molecule has 0 N–H and O–H groups in total. The Labute approximate surface area is 194 Å². The number of hydrogen-bond acceptors (Lipinski definition) is 5. The van der Waals surface area contributed by atoms with Crippen LogP contribution in [-0.2, 0) is 14.3 Å². The van der Waals surface area contributed by atoms with Gasteiger partial charge in [0.15, 0.2) is 0 Å². The van der Waals surface area contributed by atoms with Crippen molar-refractivity contribution in [3.05, 3.63) is 58.1 Å². The van der Waals surface area contributed by atoms with Gasteiger partial charge in [0.2, 0.25) is 0 Å². The molecule has 2 saturated heterocycles. The molecule has 32 heavy (non-hydrogen) atoms. The Balaban J connectivity index is 1.70. The normalized spacial score (nSPS) is 28.2. The molecule has 2 aromatic carbocycles. The third-order valence-electron chi connectivity index (χ3n) is 6.77. The van der Waals surface area contributed by atoms with Crippen LogP contribution in [0, 0.1) is 18.8 Å². The van der Waals surface area contributed by atoms with Crippen LogP contribution in [0.15, 0.2) is 46.9 Å². The number of hydrogen-bond donors (Lipinski definition) is 0. The highest BCUT2D eigenvalue weighted by Crippen LogP contribution is 2.58. The van der Waals surface area contributed by atoms with Crippen molar-refractivity contribution in [1.29, 1.82) is 0 Å². The van der Waals surface area contributed by atoms with E-state index in [1.807, 2.05) is 37.3 Å². The van der Waals surface area contributed by atoms with E-state index in [9.17, 15) is 14.4 Å². The van der Waals surface area contributed by atoms with E-state index in [4.69, 9.17) is 9.47 Å². The van der Waals surface area contributed by atoms with Crippen LogP contribution in [0.3, 0.4) is 0 Å². The summed E-state index contributed by atoms with van der Waals surface area (Å²) in [5, 5.41) is 0. The van der Waals surface area contributed by atoms with Gasteiger partial charge in [-0.15, -0.1) is 0 Å². The molecule has 0 saturated carbocycles. The molecule has 0 aromatic heterocycles. The lowest BCUT2D eigenvalue weighted by atomic mass is 9.77. The predicted molar refractivity (Wildman–Crippen MR) is 120 cm³/mol. The van der Waals surface area contributed by atoms with Crippen LogP contribution in [0.25, 0.3) is 0 Å². The molecule has 2 aromatic rings. The smallest absolute Gasteiger partial charge is 0.332 e. The van der Waals surface area contributed by atoms with Gasteiger partial charge in [-0.25, -0.2) is 9.69 Å². The average Bonchev–Trinajstić information content (AvgIpc) is 3.13. The molecule has 5 rings (SSSR count). The molecule has 3 aliphatic rings. The number of halogens is 1. The lowest BCUT2D eigenvalue weighted by molar-refractivity contribution is -0.154. The molecular formula is C24H23BrN2O5. The van der Waals surface area contributed by atoms with Crippen LogP contribution in [-0.4, -0.2) is 41.6 Å². The van der Waals surface area contributed by atoms with Crippen LogP contribution in [0.4, 0.5) is 10.5 Å². The molecule has 0 unspecified atom stereocenters. The van der Waals surface area contributed by atoms with E-state index in [2.05, 4.69) is 15.9 Å². The number of anilines is 1. The number of amides is 3. The summed E-state index contributed by atoms with van der Waals surface area (Å²) < 4.78 is 12.2. The summed E-state index contributed by atoms with van der Waals surface area (Å²) in [6, 6.07) is 11.9. The second-order valence-corrected chi connectivity index (χ2v) is 9.53. The zero-order valence-corrected chi connectivity index (χ0v) is 19.6. The Kier molecular flexibility index (Phi) is 4.81. The van der Waals surface area contributed by atoms with Crippen LogP contribution in [0.5, 0.6) is 5.75 Å². The Morgan fingerprint density at radius 3 is 2.75 bits per heavy atom. The first-order valence-electron chi connectivity index (χ1n) is 10.6. The number of fused-ring (bicyclic) bond motifs is 5. The molecule has 4 atom stereocenters. The Morgan fingerprint density at radius 2 is 2.03 bits per heavy atom. The first kappa shape index (κ1) is 21.0. The molecule has 0 aliphatic carbocycles. The van der Waals surface area contributed by atoms with Gasteiger partial charge < -0.3 is 14.4 Å². The van der Waals surface area contributed by atoms with Crippen molar-refractivity contribution in [2.24, 2.45) is 11.8 Å². The van der Waals surface area contributed by atoms with Crippen LogP contribution >= 0.6 is 15.9 Å². The Hall–Kier alpha value is -2.87. The second kappa shape index (κ2) is 7.33. The van der Waals surface area contributed by atoms with Gasteiger partial charge in [0.05, 0.1) is 30.9 Å². The maximum Gasteiger partial charge on any atom is 0.332 e. The summed E-state index contributed by atoms with van der Waals surface area (Å²) in [5.41, 5.74) is 0.827. The average molecular weight is 499 g/mol. The lowest BCUT2D eigenvalue weighted by Gasteiger charge is -2.34. The van der Waals surface area contributed by atoms with Gasteiger partial charge in [-0.3, -0.25) is 9.59 Å². The summed E-state index contributed by atoms with van der Waals surface area (Å²) >= 11 is 3.50. The van der Waals surface area contributed by atoms with Crippen LogP contribution in [0.2, 0.25) is 0 Å². The van der Waals surface area contributed by atoms with E-state index in [1.165, 1.54) is 4.90 Å². The Bertz CT molecular complexity index is 1150. The number of carbonyl (C=O) groups is 3. The van der Waals surface area contributed by atoms with E-state index in [1.54, 1.807) is 30.9 Å². The van der Waals surface area contributed by atoms with Crippen LogP contribution in [0.1, 0.15) is 31.0 Å². The van der Waals surface area contributed by atoms with Crippen molar-refractivity contribution in [3.8, 4) is 5.75 Å². The maximum absolute atomic E-state index is 13.9. The van der Waals surface area contributed by atoms with Gasteiger partial charge in [-0.1, -0.05) is 28.1 Å². The summed E-state index contributed by atoms with van der Waals surface area (Å²) in [7, 11) is 0. The molecular weight excluding hydrogens is 476 g/mol. The number of esters is 1. The van der Waals surface area contributed by atoms with Gasteiger partial charge in [-0.05, 0) is 56.7 Å². The van der Waals surface area contributed by atoms with Crippen molar-refractivity contribution in [2.45, 2.75) is 32.4 Å². The monoisotopic (exact) mass is 498 g/mol. The van der Waals surface area contributed by atoms with Crippen molar-refractivity contribution < 1.29 is 23.9 Å². The SMILES string of the molecule is CCOC(=O)[C@@H]1[C@H]2COc3ccc(Br)cc3[C@H]2N2C(=O)N(c3cccc(C)c3)C(=O)[C@]12C. The van der Waals surface area contributed by atoms with E-state index >= 15 is 0 Å². The topological polar surface area (TPSA) is 76.2 Å². The second-order valence-electron chi connectivity index (χ2n) is 8.61. The number of imide groups is 1. The highest BCUT2D eigenvalue weighted by atomic mass is 79.9. The molecule has 0 radical (unpaired) electrons. The lowest BCUT2D eigenvalue weighted by Crippen LogP contribution is -2.51. The summed E-state index contributed by atoms with van der Waals surface area (Å²) in [6.07, 6.45) is 0. The highest BCUT2D eigenvalue weighted by Gasteiger charge is 2.72. The fraction of sp³-hybridized carbons (Fsp3) is 0.375. The molecule has 166 valence electrons. The zero-order chi connectivity index (χ0) is 22.8. The fourth-order valence-corrected chi connectivity index (χ4v) is 5.84. The molecule has 2 fully saturated rings. The van der Waals surface area contributed by atoms with Crippen molar-refractivity contribution in [2.75, 3.05) is 18.1 Å². The van der Waals surface area contributed by atoms with Crippen molar-refractivity contribution in [1.82, 2.24) is 4.90 Å². The first-order valence-corrected chi connectivity index (χ1v) is 11.4. The van der Waals surface area contributed by atoms with Gasteiger partial charge >= 0.3 is 12.0 Å². The molecule has 3 amide bonds. The Morgan fingerprint density at radius 1 is 1.25 bits per heavy atom. The van der Waals surface area contributed by atoms with E-state index in [0.717, 1.165) is 15.6 Å². The van der Waals surface area contributed by atoms with E-state index in [0.29, 0.717) is 11.4 Å². The minimum Gasteiger partial charge on any atom is -0.493 e. The molecule has 8 heteroatoms. The fourth-order valence-electron chi connectivity index (χ4n) is 5.46. The third-order valence-corrected chi connectivity index (χ3v) is 7.27. The maximum atomic E-state index is 13.9. The predicted octanol–water partition coefficient (Wildman–Crippen LogP) is 4.23. The number of aryl methyl sites for hydroxylation is 1. The summed E-state index contributed by atoms with van der Waals surface area (Å²) in [5.74, 6) is -1.49. The molecule has 3 heterocycles. The number of nitrogens with zero attached hydrogens (tertiary/aromatic N) is 2. The molecule has 7 nitrogen and oxygen atoms in total. The molecule has 0 bridgehead atoms. The van der Waals surface area contributed by atoms with E-state index < -0.39 is 41.3 Å². The van der Waals surface area contributed by atoms with Crippen molar-refractivity contribution >= 4 is 39.5 Å². The minimum absolute atomic E-state index is 0.190. The van der Waals surface area contributed by atoms with Gasteiger partial charge in [0, 0.05) is 16.0 Å². The van der Waals surface area contributed by atoms with Gasteiger partial charge in [0.25, 0.3) is 5.91 Å². The number of carbonyl (C=O) groups excluding carboxylic acids is 3. The summed E-state index contributed by atoms with van der Waals surface area (Å²) in [4.78, 5) is 43.7. The quantitative estimate of drug-likeness (QED) is 0.467. The standard InChI is InChI=1S/C24H23BrN2O5/c1-4-31-21(28)19-17-12-32-18-9-8-14(25)11-16(18)20(17)27-23(30)26(22(29)24(19,27)3)15-7-5-6-13(2)10-15/h5-11,17,19-20H,4,12H2,1-3H3/t17-,19+,20-,24+/m1/s1. The first-order chi connectivity index (χ1) is 15.3. The zero-order valence-electron chi connectivity index (χ0n) is 18.0. The van der Waals surface area contributed by atoms with Gasteiger partial charge in [0.1, 0.15) is 11.3 Å². The number of urea groups is 1. The third kappa shape index (κ3) is 2.75. The number of ether oxygens (including phenoxy) is 2. The largest absolute Gasteiger partial charge is 0.493 e. The number of rotatable bonds is 3. The van der Waals surface area contributed by atoms with Crippen molar-refractivity contribution in [3.63, 3.8) is 0 Å². The number of benzene rings is 2. The minimum atomic E-state index is -1.38.